The molecule has 0 spiro atoms. The zero-order chi connectivity index (χ0) is 21.5. The highest BCUT2D eigenvalue weighted by Gasteiger charge is 2.18. The van der Waals surface area contributed by atoms with Crippen molar-refractivity contribution in [2.45, 2.75) is 13.0 Å². The first kappa shape index (κ1) is 21.1. The van der Waals surface area contributed by atoms with Crippen molar-refractivity contribution in [2.75, 3.05) is 6.61 Å². The van der Waals surface area contributed by atoms with E-state index < -0.39 is 18.5 Å². The number of esters is 1. The van der Waals surface area contributed by atoms with Gasteiger partial charge < -0.3 is 10.1 Å². The number of ether oxygens (including phenoxy) is 1. The highest BCUT2D eigenvalue weighted by molar-refractivity contribution is 6.31. The van der Waals surface area contributed by atoms with E-state index in [1.54, 1.807) is 61.5 Å². The van der Waals surface area contributed by atoms with Crippen molar-refractivity contribution in [3.8, 4) is 17.2 Å². The lowest BCUT2D eigenvalue weighted by Crippen LogP contribution is -2.31. The van der Waals surface area contributed by atoms with Gasteiger partial charge in [0.25, 0.3) is 5.91 Å². The Kier molecular flexibility index (Phi) is 6.84. The first-order valence-electron chi connectivity index (χ1n) is 9.30. The van der Waals surface area contributed by atoms with Gasteiger partial charge in [0.05, 0.1) is 23.2 Å². The van der Waals surface area contributed by atoms with Crippen molar-refractivity contribution < 1.29 is 14.3 Å². The van der Waals surface area contributed by atoms with E-state index in [2.05, 4.69) is 11.4 Å². The van der Waals surface area contributed by atoms with E-state index in [1.807, 2.05) is 18.2 Å². The molecule has 0 aromatic heterocycles. The number of halogens is 1. The summed E-state index contributed by atoms with van der Waals surface area (Å²) in [7, 11) is 0. The summed E-state index contributed by atoms with van der Waals surface area (Å²) in [5.41, 5.74) is 2.71. The average molecular weight is 419 g/mol. The van der Waals surface area contributed by atoms with Crippen LogP contribution in [0.25, 0.3) is 11.1 Å². The highest BCUT2D eigenvalue weighted by atomic mass is 35.5. The SMILES string of the molecule is C[C@H](NC(=O)COC(=O)c1ccccc1-c1ccccc1C#N)c1ccccc1Cl. The molecule has 0 saturated heterocycles. The lowest BCUT2D eigenvalue weighted by atomic mass is 9.96. The minimum atomic E-state index is -0.640. The summed E-state index contributed by atoms with van der Waals surface area (Å²) in [6.07, 6.45) is 0. The molecule has 0 aliphatic heterocycles. The van der Waals surface area contributed by atoms with Gasteiger partial charge in [0.2, 0.25) is 0 Å². The number of rotatable bonds is 6. The van der Waals surface area contributed by atoms with Gasteiger partial charge in [-0.1, -0.05) is 66.2 Å². The van der Waals surface area contributed by atoms with Crippen LogP contribution in [-0.2, 0) is 9.53 Å². The summed E-state index contributed by atoms with van der Waals surface area (Å²) in [6, 6.07) is 22.8. The quantitative estimate of drug-likeness (QED) is 0.576. The first-order valence-corrected chi connectivity index (χ1v) is 9.68. The number of nitrogens with one attached hydrogen (secondary N) is 1. The molecule has 0 unspecified atom stereocenters. The molecule has 6 heteroatoms. The molecule has 1 atom stereocenters. The molecule has 0 radical (unpaired) electrons. The number of hydrogen-bond donors (Lipinski definition) is 1. The number of nitriles is 1. The number of hydrogen-bond acceptors (Lipinski definition) is 4. The number of benzene rings is 3. The maximum absolute atomic E-state index is 12.6. The van der Waals surface area contributed by atoms with Crippen LogP contribution < -0.4 is 5.32 Å². The standard InChI is InChI=1S/C24H19ClN2O3/c1-16(18-9-6-7-13-22(18)25)27-23(28)15-30-24(29)21-12-5-4-11-20(21)19-10-3-2-8-17(19)14-26/h2-13,16H,15H2,1H3,(H,27,28)/t16-/m0/s1. The van der Waals surface area contributed by atoms with Crippen LogP contribution in [0, 0.1) is 11.3 Å². The zero-order valence-electron chi connectivity index (χ0n) is 16.3. The van der Waals surface area contributed by atoms with Crippen LogP contribution in [-0.4, -0.2) is 18.5 Å². The monoisotopic (exact) mass is 418 g/mol. The lowest BCUT2D eigenvalue weighted by Gasteiger charge is -2.16. The summed E-state index contributed by atoms with van der Waals surface area (Å²) in [4.78, 5) is 24.9. The van der Waals surface area contributed by atoms with Gasteiger partial charge in [-0.25, -0.2) is 4.79 Å². The van der Waals surface area contributed by atoms with Crippen LogP contribution in [0.1, 0.15) is 34.5 Å². The molecular weight excluding hydrogens is 400 g/mol. The van der Waals surface area contributed by atoms with Gasteiger partial charge in [0.15, 0.2) is 6.61 Å². The van der Waals surface area contributed by atoms with Crippen LogP contribution >= 0.6 is 11.6 Å². The number of amides is 1. The second kappa shape index (κ2) is 9.73. The third-order valence-electron chi connectivity index (χ3n) is 4.57. The second-order valence-corrected chi connectivity index (χ2v) is 7.00. The van der Waals surface area contributed by atoms with Gasteiger partial charge in [-0.15, -0.1) is 0 Å². The van der Waals surface area contributed by atoms with Crippen molar-refractivity contribution >= 4 is 23.5 Å². The van der Waals surface area contributed by atoms with Crippen molar-refractivity contribution in [2.24, 2.45) is 0 Å². The molecule has 0 aliphatic rings. The zero-order valence-corrected chi connectivity index (χ0v) is 17.0. The topological polar surface area (TPSA) is 79.2 Å². The molecule has 0 heterocycles. The van der Waals surface area contributed by atoms with E-state index >= 15 is 0 Å². The smallest absolute Gasteiger partial charge is 0.339 e. The van der Waals surface area contributed by atoms with Gasteiger partial charge in [-0.3, -0.25) is 4.79 Å². The van der Waals surface area contributed by atoms with Crippen LogP contribution in [0.5, 0.6) is 0 Å². The van der Waals surface area contributed by atoms with Crippen LogP contribution in [0.15, 0.2) is 72.8 Å². The molecule has 3 aromatic carbocycles. The summed E-state index contributed by atoms with van der Waals surface area (Å²) in [5.74, 6) is -1.08. The third kappa shape index (κ3) is 4.86. The Labute approximate surface area is 179 Å². The van der Waals surface area contributed by atoms with Crippen LogP contribution in [0.2, 0.25) is 5.02 Å². The summed E-state index contributed by atoms with van der Waals surface area (Å²) in [5, 5.41) is 12.7. The van der Waals surface area contributed by atoms with E-state index in [4.69, 9.17) is 16.3 Å². The Morgan fingerprint density at radius 3 is 2.37 bits per heavy atom. The Morgan fingerprint density at radius 2 is 1.63 bits per heavy atom. The van der Waals surface area contributed by atoms with E-state index in [0.29, 0.717) is 21.7 Å². The first-order chi connectivity index (χ1) is 14.5. The minimum absolute atomic E-state index is 0.284. The minimum Gasteiger partial charge on any atom is -0.452 e. The van der Waals surface area contributed by atoms with Crippen LogP contribution in [0.3, 0.4) is 0 Å². The molecule has 0 fully saturated rings. The van der Waals surface area contributed by atoms with E-state index in [9.17, 15) is 14.9 Å². The molecule has 3 rings (SSSR count). The number of carbonyl (C=O) groups is 2. The molecule has 1 amide bonds. The molecular formula is C24H19ClN2O3. The van der Waals surface area contributed by atoms with E-state index in [-0.39, 0.29) is 11.6 Å². The summed E-state index contributed by atoms with van der Waals surface area (Å²) in [6.45, 7) is 1.37. The van der Waals surface area contributed by atoms with Gasteiger partial charge in [-0.05, 0) is 36.2 Å². The predicted octanol–water partition coefficient (Wildman–Crippen LogP) is 4.91. The van der Waals surface area contributed by atoms with Gasteiger partial charge >= 0.3 is 5.97 Å². The normalized spacial score (nSPS) is 11.2. The van der Waals surface area contributed by atoms with Crippen molar-refractivity contribution in [1.82, 2.24) is 5.32 Å². The van der Waals surface area contributed by atoms with Crippen LogP contribution in [0.4, 0.5) is 0 Å². The molecule has 0 bridgehead atoms. The maximum atomic E-state index is 12.6. The average Bonchev–Trinajstić information content (AvgIpc) is 2.77. The predicted molar refractivity (Wildman–Crippen MR) is 115 cm³/mol. The van der Waals surface area contributed by atoms with Gasteiger partial charge in [-0.2, -0.15) is 5.26 Å². The fourth-order valence-corrected chi connectivity index (χ4v) is 3.41. The molecule has 30 heavy (non-hydrogen) atoms. The van der Waals surface area contributed by atoms with E-state index in [1.165, 1.54) is 0 Å². The Balaban J connectivity index is 1.70. The fourth-order valence-electron chi connectivity index (χ4n) is 3.11. The van der Waals surface area contributed by atoms with Crippen molar-refractivity contribution in [1.29, 1.82) is 5.26 Å². The Hall–Kier alpha value is -3.62. The largest absolute Gasteiger partial charge is 0.452 e. The van der Waals surface area contributed by atoms with Crippen molar-refractivity contribution in [3.63, 3.8) is 0 Å². The van der Waals surface area contributed by atoms with Gasteiger partial charge in [0, 0.05) is 10.6 Å². The third-order valence-corrected chi connectivity index (χ3v) is 4.91. The molecule has 0 saturated carbocycles. The molecule has 5 nitrogen and oxygen atoms in total. The highest BCUT2D eigenvalue weighted by Crippen LogP contribution is 2.27. The fraction of sp³-hybridized carbons (Fsp3) is 0.125. The summed E-state index contributed by atoms with van der Waals surface area (Å²) >= 11 is 6.15. The molecule has 0 aliphatic carbocycles. The molecule has 150 valence electrons. The van der Waals surface area contributed by atoms with Crippen molar-refractivity contribution in [3.05, 3.63) is 94.5 Å². The number of nitrogens with zero attached hydrogens (tertiary/aromatic N) is 1. The lowest BCUT2D eigenvalue weighted by molar-refractivity contribution is -0.124. The molecule has 3 aromatic rings. The van der Waals surface area contributed by atoms with Gasteiger partial charge in [0.1, 0.15) is 0 Å². The second-order valence-electron chi connectivity index (χ2n) is 6.59. The number of carbonyl (C=O) groups excluding carboxylic acids is 2. The Morgan fingerprint density at radius 1 is 1.00 bits per heavy atom. The summed E-state index contributed by atoms with van der Waals surface area (Å²) < 4.78 is 5.23. The Bertz CT molecular complexity index is 1120. The maximum Gasteiger partial charge on any atom is 0.339 e. The molecule has 1 N–H and O–H groups in total. The van der Waals surface area contributed by atoms with E-state index in [0.717, 1.165) is 5.56 Å².